The molecule has 14 heavy (non-hydrogen) atoms. The number of hydrogen-bond acceptors (Lipinski definition) is 0. The van der Waals surface area contributed by atoms with Crippen LogP contribution < -0.4 is 0 Å². The minimum absolute atomic E-state index is 0.309. The van der Waals surface area contributed by atoms with Gasteiger partial charge in [-0.1, -0.05) is 47.0 Å². The van der Waals surface area contributed by atoms with Crippen molar-refractivity contribution in [3.05, 3.63) is 11.9 Å². The van der Waals surface area contributed by atoms with Crippen molar-refractivity contribution in [3.63, 3.8) is 0 Å². The monoisotopic (exact) mass is 200 g/mol. The Morgan fingerprint density at radius 1 is 1.29 bits per heavy atom. The highest BCUT2D eigenvalue weighted by Crippen LogP contribution is 2.35. The minimum Gasteiger partial charge on any atom is -0.216 e. The van der Waals surface area contributed by atoms with Crippen molar-refractivity contribution in [2.45, 2.75) is 66.2 Å². The molecule has 0 aliphatic rings. The topological polar surface area (TPSA) is 0 Å². The molecule has 0 saturated carbocycles. The van der Waals surface area contributed by atoms with Gasteiger partial charge in [-0.15, -0.1) is 0 Å². The van der Waals surface area contributed by atoms with Gasteiger partial charge in [0.25, 0.3) is 0 Å². The Balaban J connectivity index is 4.22. The SMILES string of the molecule is CCCCC(C)(CC)C/C(=C/F)CC. The second kappa shape index (κ2) is 7.03. The van der Waals surface area contributed by atoms with E-state index in [1.54, 1.807) is 0 Å². The van der Waals surface area contributed by atoms with Gasteiger partial charge in [0.1, 0.15) is 0 Å². The number of halogens is 1. The molecule has 0 aromatic carbocycles. The molecule has 0 aliphatic carbocycles. The molecule has 0 aromatic rings. The summed E-state index contributed by atoms with van der Waals surface area (Å²) in [7, 11) is 0. The van der Waals surface area contributed by atoms with Crippen LogP contribution >= 0.6 is 0 Å². The molecule has 0 nitrogen and oxygen atoms in total. The first-order valence-electron chi connectivity index (χ1n) is 5.90. The van der Waals surface area contributed by atoms with Gasteiger partial charge in [-0.05, 0) is 30.3 Å². The van der Waals surface area contributed by atoms with Crippen LogP contribution in [-0.2, 0) is 0 Å². The van der Waals surface area contributed by atoms with E-state index < -0.39 is 0 Å². The molecule has 1 heteroatoms. The molecular weight excluding hydrogens is 175 g/mol. The average molecular weight is 200 g/mol. The summed E-state index contributed by atoms with van der Waals surface area (Å²) >= 11 is 0. The van der Waals surface area contributed by atoms with Crippen LogP contribution in [0, 0.1) is 5.41 Å². The molecule has 0 fully saturated rings. The number of hydrogen-bond donors (Lipinski definition) is 0. The fourth-order valence-electron chi connectivity index (χ4n) is 1.78. The molecule has 0 heterocycles. The van der Waals surface area contributed by atoms with E-state index in [4.69, 9.17) is 0 Å². The fraction of sp³-hybridized carbons (Fsp3) is 0.846. The third-order valence-electron chi connectivity index (χ3n) is 3.25. The molecule has 0 rings (SSSR count). The van der Waals surface area contributed by atoms with Crippen LogP contribution in [0.15, 0.2) is 11.9 Å². The van der Waals surface area contributed by atoms with Crippen molar-refractivity contribution >= 4 is 0 Å². The summed E-state index contributed by atoms with van der Waals surface area (Å²) < 4.78 is 12.5. The molecule has 0 spiro atoms. The van der Waals surface area contributed by atoms with E-state index >= 15 is 0 Å². The zero-order valence-electron chi connectivity index (χ0n) is 10.2. The van der Waals surface area contributed by atoms with E-state index in [2.05, 4.69) is 20.8 Å². The maximum absolute atomic E-state index is 12.5. The van der Waals surface area contributed by atoms with Gasteiger partial charge in [0.15, 0.2) is 0 Å². The van der Waals surface area contributed by atoms with E-state index in [0.717, 1.165) is 31.2 Å². The van der Waals surface area contributed by atoms with E-state index in [-0.39, 0.29) is 0 Å². The first-order chi connectivity index (χ1) is 6.61. The van der Waals surface area contributed by atoms with Gasteiger partial charge in [0, 0.05) is 0 Å². The highest BCUT2D eigenvalue weighted by Gasteiger charge is 2.22. The maximum Gasteiger partial charge on any atom is 0.0859 e. The van der Waals surface area contributed by atoms with Crippen molar-refractivity contribution in [1.29, 1.82) is 0 Å². The lowest BCUT2D eigenvalue weighted by atomic mass is 9.77. The summed E-state index contributed by atoms with van der Waals surface area (Å²) in [5.74, 6) is 0. The summed E-state index contributed by atoms with van der Waals surface area (Å²) in [4.78, 5) is 0. The molecule has 0 aromatic heterocycles. The van der Waals surface area contributed by atoms with Gasteiger partial charge >= 0.3 is 0 Å². The van der Waals surface area contributed by atoms with Crippen molar-refractivity contribution in [2.75, 3.05) is 0 Å². The van der Waals surface area contributed by atoms with Crippen molar-refractivity contribution < 1.29 is 4.39 Å². The zero-order chi connectivity index (χ0) is 11.0. The predicted octanol–water partition coefficient (Wildman–Crippen LogP) is 5.25. The van der Waals surface area contributed by atoms with Crippen LogP contribution in [0.2, 0.25) is 0 Å². The Morgan fingerprint density at radius 2 is 1.93 bits per heavy atom. The van der Waals surface area contributed by atoms with Gasteiger partial charge in [-0.3, -0.25) is 0 Å². The van der Waals surface area contributed by atoms with Crippen LogP contribution in [0.4, 0.5) is 4.39 Å². The van der Waals surface area contributed by atoms with Crippen LogP contribution in [0.1, 0.15) is 66.2 Å². The average Bonchev–Trinajstić information content (AvgIpc) is 2.23. The standard InChI is InChI=1S/C13H25F/c1-5-8-9-13(4,7-3)10-12(6-2)11-14/h11H,5-10H2,1-4H3/b12-11+. The van der Waals surface area contributed by atoms with E-state index in [1.807, 2.05) is 6.92 Å². The third kappa shape index (κ3) is 4.78. The van der Waals surface area contributed by atoms with Crippen molar-refractivity contribution in [2.24, 2.45) is 5.41 Å². The molecule has 0 saturated heterocycles. The molecule has 0 bridgehead atoms. The first kappa shape index (κ1) is 13.7. The number of unbranched alkanes of at least 4 members (excludes halogenated alkanes) is 1. The molecule has 1 atom stereocenters. The van der Waals surface area contributed by atoms with Gasteiger partial charge in [0.2, 0.25) is 0 Å². The Labute approximate surface area is 88.6 Å². The highest BCUT2D eigenvalue weighted by atomic mass is 19.1. The molecule has 1 unspecified atom stereocenters. The lowest BCUT2D eigenvalue weighted by molar-refractivity contribution is 0.269. The van der Waals surface area contributed by atoms with Crippen LogP contribution in [0.5, 0.6) is 0 Å². The third-order valence-corrected chi connectivity index (χ3v) is 3.25. The second-order valence-electron chi connectivity index (χ2n) is 4.57. The maximum atomic E-state index is 12.5. The lowest BCUT2D eigenvalue weighted by Crippen LogP contribution is -2.16. The molecule has 0 aliphatic heterocycles. The fourth-order valence-corrected chi connectivity index (χ4v) is 1.78. The summed E-state index contributed by atoms with van der Waals surface area (Å²) in [5, 5.41) is 0. The Kier molecular flexibility index (Phi) is 6.86. The highest BCUT2D eigenvalue weighted by molar-refractivity contribution is 5.01. The molecule has 84 valence electrons. The van der Waals surface area contributed by atoms with Gasteiger partial charge in [-0.25, -0.2) is 4.39 Å². The van der Waals surface area contributed by atoms with Gasteiger partial charge < -0.3 is 0 Å². The quantitative estimate of drug-likeness (QED) is 0.526. The summed E-state index contributed by atoms with van der Waals surface area (Å²) in [6.07, 6.45) is 7.43. The number of rotatable bonds is 7. The van der Waals surface area contributed by atoms with Crippen molar-refractivity contribution in [1.82, 2.24) is 0 Å². The largest absolute Gasteiger partial charge is 0.216 e. The van der Waals surface area contributed by atoms with Gasteiger partial charge in [0.05, 0.1) is 6.33 Å². The van der Waals surface area contributed by atoms with Crippen LogP contribution in [0.25, 0.3) is 0 Å². The van der Waals surface area contributed by atoms with E-state index in [0.29, 0.717) is 5.41 Å². The summed E-state index contributed by atoms with van der Waals surface area (Å²) in [6, 6.07) is 0. The summed E-state index contributed by atoms with van der Waals surface area (Å²) in [6.45, 7) is 8.73. The smallest absolute Gasteiger partial charge is 0.0859 e. The Hall–Kier alpha value is -0.330. The van der Waals surface area contributed by atoms with E-state index in [1.165, 1.54) is 19.3 Å². The van der Waals surface area contributed by atoms with Crippen molar-refractivity contribution in [3.8, 4) is 0 Å². The van der Waals surface area contributed by atoms with Crippen LogP contribution in [-0.4, -0.2) is 0 Å². The normalized spacial score (nSPS) is 16.8. The Morgan fingerprint density at radius 3 is 2.29 bits per heavy atom. The van der Waals surface area contributed by atoms with Gasteiger partial charge in [-0.2, -0.15) is 0 Å². The molecule has 0 amide bonds. The molecular formula is C13H25F. The molecule has 0 N–H and O–H groups in total. The predicted molar refractivity (Wildman–Crippen MR) is 62.0 cm³/mol. The minimum atomic E-state index is 0.309. The summed E-state index contributed by atoms with van der Waals surface area (Å²) in [5.41, 5.74) is 1.27. The molecule has 0 radical (unpaired) electrons. The Bertz CT molecular complexity index is 172. The second-order valence-corrected chi connectivity index (χ2v) is 4.57. The zero-order valence-corrected chi connectivity index (χ0v) is 10.2. The lowest BCUT2D eigenvalue weighted by Gasteiger charge is -2.29. The van der Waals surface area contributed by atoms with E-state index in [9.17, 15) is 4.39 Å². The first-order valence-corrected chi connectivity index (χ1v) is 5.90. The van der Waals surface area contributed by atoms with Crippen LogP contribution in [0.3, 0.4) is 0 Å². The number of allylic oxidation sites excluding steroid dienone is 1.